The van der Waals surface area contributed by atoms with Crippen LogP contribution in [-0.2, 0) is 12.8 Å². The maximum Gasteiger partial charge on any atom is 0.0288 e. The molecule has 106 valence electrons. The van der Waals surface area contributed by atoms with E-state index in [2.05, 4.69) is 62.1 Å². The van der Waals surface area contributed by atoms with Crippen molar-refractivity contribution in [3.05, 3.63) is 35.4 Å². The SMILES string of the molecule is CCNC(Cc1ccc(CC)cc1)C1(C)CCCS1. The van der Waals surface area contributed by atoms with E-state index in [1.165, 1.54) is 29.7 Å². The average molecular weight is 277 g/mol. The van der Waals surface area contributed by atoms with Crippen molar-refractivity contribution in [1.29, 1.82) is 0 Å². The van der Waals surface area contributed by atoms with E-state index in [4.69, 9.17) is 0 Å². The molecule has 1 heterocycles. The molecule has 1 aromatic rings. The van der Waals surface area contributed by atoms with Gasteiger partial charge in [0.15, 0.2) is 0 Å². The molecule has 1 aromatic carbocycles. The lowest BCUT2D eigenvalue weighted by Crippen LogP contribution is -2.46. The van der Waals surface area contributed by atoms with Gasteiger partial charge in [0, 0.05) is 10.8 Å². The Morgan fingerprint density at radius 2 is 1.89 bits per heavy atom. The zero-order valence-corrected chi connectivity index (χ0v) is 13.4. The normalized spacial score (nSPS) is 24.6. The third kappa shape index (κ3) is 3.76. The minimum absolute atomic E-state index is 0.416. The summed E-state index contributed by atoms with van der Waals surface area (Å²) in [7, 11) is 0. The van der Waals surface area contributed by atoms with Crippen molar-refractivity contribution in [2.24, 2.45) is 0 Å². The Morgan fingerprint density at radius 1 is 1.21 bits per heavy atom. The number of aryl methyl sites for hydroxylation is 1. The summed E-state index contributed by atoms with van der Waals surface area (Å²) in [6, 6.07) is 9.78. The fourth-order valence-corrected chi connectivity index (χ4v) is 4.38. The molecule has 19 heavy (non-hydrogen) atoms. The Labute approximate surface area is 122 Å². The van der Waals surface area contributed by atoms with Crippen LogP contribution in [0.25, 0.3) is 0 Å². The van der Waals surface area contributed by atoms with Gasteiger partial charge in [-0.25, -0.2) is 0 Å². The molecule has 0 radical (unpaired) electrons. The van der Waals surface area contributed by atoms with Crippen LogP contribution < -0.4 is 5.32 Å². The number of thioether (sulfide) groups is 1. The van der Waals surface area contributed by atoms with Gasteiger partial charge in [-0.2, -0.15) is 11.8 Å². The predicted octanol–water partition coefficient (Wildman–Crippen LogP) is 4.06. The van der Waals surface area contributed by atoms with Crippen LogP contribution in [0.2, 0.25) is 0 Å². The first-order valence-electron chi connectivity index (χ1n) is 7.63. The zero-order chi connectivity index (χ0) is 13.7. The highest BCUT2D eigenvalue weighted by molar-refractivity contribution is 8.00. The van der Waals surface area contributed by atoms with E-state index in [0.717, 1.165) is 19.4 Å². The van der Waals surface area contributed by atoms with Crippen LogP contribution in [0.3, 0.4) is 0 Å². The summed E-state index contributed by atoms with van der Waals surface area (Å²) in [5, 5.41) is 3.72. The highest BCUT2D eigenvalue weighted by Crippen LogP contribution is 2.41. The summed E-state index contributed by atoms with van der Waals surface area (Å²) in [6.45, 7) is 7.94. The first kappa shape index (κ1) is 14.9. The number of rotatable bonds is 6. The molecule has 2 unspecified atom stereocenters. The monoisotopic (exact) mass is 277 g/mol. The second kappa shape index (κ2) is 6.81. The lowest BCUT2D eigenvalue weighted by atomic mass is 9.90. The summed E-state index contributed by atoms with van der Waals surface area (Å²) >= 11 is 2.16. The molecule has 0 aliphatic carbocycles. The van der Waals surface area contributed by atoms with Gasteiger partial charge in [-0.15, -0.1) is 0 Å². The smallest absolute Gasteiger partial charge is 0.0288 e. The third-order valence-electron chi connectivity index (χ3n) is 4.31. The Balaban J connectivity index is 2.06. The van der Waals surface area contributed by atoms with Gasteiger partial charge in [0.1, 0.15) is 0 Å². The molecule has 0 amide bonds. The van der Waals surface area contributed by atoms with Crippen LogP contribution >= 0.6 is 11.8 Å². The van der Waals surface area contributed by atoms with Crippen molar-refractivity contribution >= 4 is 11.8 Å². The van der Waals surface area contributed by atoms with E-state index in [9.17, 15) is 0 Å². The van der Waals surface area contributed by atoms with Crippen molar-refractivity contribution in [3.8, 4) is 0 Å². The second-order valence-electron chi connectivity index (χ2n) is 5.75. The van der Waals surface area contributed by atoms with Gasteiger partial charge in [-0.05, 0) is 56.0 Å². The number of likely N-dealkylation sites (N-methyl/N-ethyl adjacent to an activating group) is 1. The van der Waals surface area contributed by atoms with Gasteiger partial charge in [-0.1, -0.05) is 38.1 Å². The number of benzene rings is 1. The summed E-state index contributed by atoms with van der Waals surface area (Å²) < 4.78 is 0.416. The number of hydrogen-bond donors (Lipinski definition) is 1. The molecule has 1 nitrogen and oxygen atoms in total. The quantitative estimate of drug-likeness (QED) is 0.841. The number of nitrogens with one attached hydrogen (secondary N) is 1. The number of hydrogen-bond acceptors (Lipinski definition) is 2. The highest BCUT2D eigenvalue weighted by atomic mass is 32.2. The lowest BCUT2D eigenvalue weighted by Gasteiger charge is -2.34. The summed E-state index contributed by atoms with van der Waals surface area (Å²) in [6.07, 6.45) is 5.01. The maximum atomic E-state index is 3.72. The first-order valence-corrected chi connectivity index (χ1v) is 8.61. The first-order chi connectivity index (χ1) is 9.18. The van der Waals surface area contributed by atoms with Crippen molar-refractivity contribution in [1.82, 2.24) is 5.32 Å². The fraction of sp³-hybridized carbons (Fsp3) is 0.647. The van der Waals surface area contributed by atoms with Crippen LogP contribution in [0.4, 0.5) is 0 Å². The van der Waals surface area contributed by atoms with E-state index in [-0.39, 0.29) is 0 Å². The molecule has 0 bridgehead atoms. The largest absolute Gasteiger partial charge is 0.313 e. The molecule has 1 aliphatic rings. The van der Waals surface area contributed by atoms with Gasteiger partial charge in [0.05, 0.1) is 0 Å². The van der Waals surface area contributed by atoms with Crippen molar-refractivity contribution in [3.63, 3.8) is 0 Å². The third-order valence-corrected chi connectivity index (χ3v) is 5.95. The molecular formula is C17H27NS. The van der Waals surface area contributed by atoms with Gasteiger partial charge in [-0.3, -0.25) is 0 Å². The molecule has 1 aliphatic heterocycles. The molecule has 1 saturated heterocycles. The molecule has 0 aromatic heterocycles. The van der Waals surface area contributed by atoms with Gasteiger partial charge in [0.25, 0.3) is 0 Å². The van der Waals surface area contributed by atoms with Crippen LogP contribution in [0.5, 0.6) is 0 Å². The highest BCUT2D eigenvalue weighted by Gasteiger charge is 2.37. The zero-order valence-electron chi connectivity index (χ0n) is 12.5. The van der Waals surface area contributed by atoms with Crippen molar-refractivity contribution < 1.29 is 0 Å². The Morgan fingerprint density at radius 3 is 2.42 bits per heavy atom. The molecule has 1 fully saturated rings. The van der Waals surface area contributed by atoms with Gasteiger partial charge >= 0.3 is 0 Å². The van der Waals surface area contributed by atoms with Gasteiger partial charge < -0.3 is 5.32 Å². The molecule has 1 N–H and O–H groups in total. The minimum atomic E-state index is 0.416. The Bertz CT molecular complexity index is 379. The minimum Gasteiger partial charge on any atom is -0.313 e. The summed E-state index contributed by atoms with van der Waals surface area (Å²) in [5.41, 5.74) is 2.90. The lowest BCUT2D eigenvalue weighted by molar-refractivity contribution is 0.406. The molecule has 0 saturated carbocycles. The van der Waals surface area contributed by atoms with Gasteiger partial charge in [0.2, 0.25) is 0 Å². The van der Waals surface area contributed by atoms with Crippen LogP contribution in [0, 0.1) is 0 Å². The van der Waals surface area contributed by atoms with E-state index in [0.29, 0.717) is 10.8 Å². The van der Waals surface area contributed by atoms with Crippen LogP contribution in [0.1, 0.15) is 44.7 Å². The average Bonchev–Trinajstić information content (AvgIpc) is 2.87. The van der Waals surface area contributed by atoms with Crippen molar-refractivity contribution in [2.45, 2.75) is 57.2 Å². The topological polar surface area (TPSA) is 12.0 Å². The summed E-state index contributed by atoms with van der Waals surface area (Å²) in [5.74, 6) is 1.33. The standard InChI is InChI=1S/C17H27NS/c1-4-14-7-9-15(10-8-14)13-16(18-5-2)17(3)11-6-12-19-17/h7-10,16,18H,4-6,11-13H2,1-3H3. The van der Waals surface area contributed by atoms with Crippen LogP contribution in [-0.4, -0.2) is 23.1 Å². The maximum absolute atomic E-state index is 3.72. The Kier molecular flexibility index (Phi) is 5.35. The summed E-state index contributed by atoms with van der Waals surface area (Å²) in [4.78, 5) is 0. The van der Waals surface area contributed by atoms with E-state index >= 15 is 0 Å². The second-order valence-corrected chi connectivity index (χ2v) is 7.38. The molecule has 0 spiro atoms. The fourth-order valence-electron chi connectivity index (χ4n) is 2.97. The predicted molar refractivity (Wildman–Crippen MR) is 87.1 cm³/mol. The van der Waals surface area contributed by atoms with Crippen LogP contribution in [0.15, 0.2) is 24.3 Å². The van der Waals surface area contributed by atoms with Crippen molar-refractivity contribution in [2.75, 3.05) is 12.3 Å². The molecule has 2 heteroatoms. The van der Waals surface area contributed by atoms with E-state index in [1.54, 1.807) is 0 Å². The van der Waals surface area contributed by atoms with E-state index < -0.39 is 0 Å². The Hall–Kier alpha value is -0.470. The molecule has 2 atom stereocenters. The molecular weight excluding hydrogens is 250 g/mol. The molecule has 2 rings (SSSR count). The van der Waals surface area contributed by atoms with E-state index in [1.807, 2.05) is 0 Å².